The van der Waals surface area contributed by atoms with Gasteiger partial charge in [-0.1, -0.05) is 0 Å². The summed E-state index contributed by atoms with van der Waals surface area (Å²) in [5, 5.41) is 0. The maximum Gasteiger partial charge on any atom is -1.00 e. The first-order valence-electron chi connectivity index (χ1n) is 5.52. The minimum Gasteiger partial charge on any atom is -1.00 e. The number of hydrogen-bond donors (Lipinski definition) is 1. The zero-order valence-corrected chi connectivity index (χ0v) is 13.7. The van der Waals surface area contributed by atoms with E-state index >= 15 is 0 Å². The molecule has 1 N–H and O–H groups in total. The molecule has 0 bridgehead atoms. The van der Waals surface area contributed by atoms with Crippen molar-refractivity contribution in [1.82, 2.24) is 3.80 Å². The van der Waals surface area contributed by atoms with Crippen LogP contribution in [0.3, 0.4) is 0 Å². The molecule has 0 aromatic heterocycles. The third-order valence-corrected chi connectivity index (χ3v) is 7.39. The number of hydrogen-bond acceptors (Lipinski definition) is 1. The summed E-state index contributed by atoms with van der Waals surface area (Å²) in [4.78, 5) is 10.4. The maximum atomic E-state index is 10.4. The molecule has 5 heteroatoms. The van der Waals surface area contributed by atoms with Crippen molar-refractivity contribution in [2.24, 2.45) is 5.92 Å². The number of carbonyl (C=O) groups is 1. The molecular formula is C12H18Cl2NOTi. The quantitative estimate of drug-likeness (QED) is 0.432. The van der Waals surface area contributed by atoms with Crippen LogP contribution in [0.4, 0.5) is 0 Å². The van der Waals surface area contributed by atoms with Crippen LogP contribution in [0.5, 0.6) is 0 Å². The van der Waals surface area contributed by atoms with Gasteiger partial charge >= 0.3 is 98.0 Å². The Bertz CT molecular complexity index is 379. The van der Waals surface area contributed by atoms with E-state index < -0.39 is 18.1 Å². The van der Waals surface area contributed by atoms with Gasteiger partial charge in [-0.2, -0.15) is 0 Å². The maximum absolute atomic E-state index is 10.4. The molecule has 0 aromatic carbocycles. The third-order valence-electron chi connectivity index (χ3n) is 4.01. The minimum atomic E-state index is -1.19. The predicted molar refractivity (Wildman–Crippen MR) is 58.0 cm³/mol. The number of nitrogens with one attached hydrogen (secondary N) is 1. The number of halogens is 2. The van der Waals surface area contributed by atoms with Crippen LogP contribution >= 0.6 is 0 Å². The number of allylic oxidation sites excluding steroid dienone is 4. The molecule has 0 radical (unpaired) electrons. The molecule has 95 valence electrons. The minimum absolute atomic E-state index is 0. The van der Waals surface area contributed by atoms with Crippen LogP contribution in [0.15, 0.2) is 22.3 Å². The third kappa shape index (κ3) is 2.98. The van der Waals surface area contributed by atoms with E-state index in [1.165, 1.54) is 21.4 Å². The first-order valence-corrected chi connectivity index (χ1v) is 8.30. The summed E-state index contributed by atoms with van der Waals surface area (Å²) >= 11 is -1.19. The Morgan fingerprint density at radius 1 is 1.24 bits per heavy atom. The molecular weight excluding hydrogens is 293 g/mol. The molecule has 2 aliphatic rings. The summed E-state index contributed by atoms with van der Waals surface area (Å²) in [5.41, 5.74) is 6.14. The second kappa shape index (κ2) is 6.42. The van der Waals surface area contributed by atoms with Crippen molar-refractivity contribution >= 4 is 6.41 Å². The molecule has 0 aromatic rings. The van der Waals surface area contributed by atoms with Crippen molar-refractivity contribution in [3.8, 4) is 0 Å². The fourth-order valence-corrected chi connectivity index (χ4v) is 6.20. The Labute approximate surface area is 122 Å². The standard InChI is InChI=1S/C11H16.CH3NO.2ClH.Ti/c1-6-11-9(4)7(2)8(3)10(11)5;2-1-3;;;/h6,9H,1H2,2-5H3;1H,(H2,2,3);2*1H;/q;;;;+3/p-3. The molecule has 1 aliphatic carbocycles. The van der Waals surface area contributed by atoms with E-state index in [2.05, 4.69) is 31.5 Å². The zero-order chi connectivity index (χ0) is 11.2. The second-order valence-corrected chi connectivity index (χ2v) is 8.47. The largest absolute Gasteiger partial charge is 1.00 e. The summed E-state index contributed by atoms with van der Waals surface area (Å²) in [7, 11) is 0. The van der Waals surface area contributed by atoms with Crippen molar-refractivity contribution in [3.63, 3.8) is 0 Å². The van der Waals surface area contributed by atoms with Gasteiger partial charge in [0, 0.05) is 0 Å². The molecule has 2 rings (SSSR count). The van der Waals surface area contributed by atoms with E-state index in [1.807, 2.05) is 0 Å². The molecule has 2 unspecified atom stereocenters. The van der Waals surface area contributed by atoms with E-state index in [-0.39, 0.29) is 24.8 Å². The van der Waals surface area contributed by atoms with Gasteiger partial charge in [0.05, 0.1) is 0 Å². The first-order chi connectivity index (χ1) is 7.07. The van der Waals surface area contributed by atoms with E-state index in [1.54, 1.807) is 5.57 Å². The predicted octanol–water partition coefficient (Wildman–Crippen LogP) is -3.20. The van der Waals surface area contributed by atoms with Gasteiger partial charge < -0.3 is 24.8 Å². The first kappa shape index (κ1) is 17.2. The molecule has 0 saturated carbocycles. The van der Waals surface area contributed by atoms with Crippen LogP contribution in [0.2, 0.25) is 8.95 Å². The summed E-state index contributed by atoms with van der Waals surface area (Å²) in [6, 6.07) is 0. The molecule has 17 heavy (non-hydrogen) atoms. The molecule has 2 nitrogen and oxygen atoms in total. The van der Waals surface area contributed by atoms with Crippen molar-refractivity contribution in [3.05, 3.63) is 22.3 Å². The SMILES string of the molecule is CC1=C(C)C(C)C([CH]2[CH2][Ti+2]2[NH]C=O)=C1C.[Cl-].[Cl-]. The van der Waals surface area contributed by atoms with Gasteiger partial charge in [0.2, 0.25) is 0 Å². The van der Waals surface area contributed by atoms with E-state index in [4.69, 9.17) is 0 Å². The summed E-state index contributed by atoms with van der Waals surface area (Å²) in [6.45, 7) is 9.02. The summed E-state index contributed by atoms with van der Waals surface area (Å²) < 4.78 is 5.10. The molecule has 1 saturated heterocycles. The van der Waals surface area contributed by atoms with Gasteiger partial charge in [0.1, 0.15) is 0 Å². The van der Waals surface area contributed by atoms with Crippen LogP contribution in [-0.4, -0.2) is 6.41 Å². The van der Waals surface area contributed by atoms with E-state index in [9.17, 15) is 4.79 Å². The van der Waals surface area contributed by atoms with Crippen LogP contribution in [0.25, 0.3) is 0 Å². The fourth-order valence-electron chi connectivity index (χ4n) is 2.65. The fraction of sp³-hybridized carbons (Fsp3) is 0.583. The Hall–Kier alpha value is 0.244. The van der Waals surface area contributed by atoms with Crippen LogP contribution in [-0.2, 0) is 22.9 Å². The van der Waals surface area contributed by atoms with Gasteiger partial charge in [0.25, 0.3) is 0 Å². The van der Waals surface area contributed by atoms with Crippen LogP contribution in [0.1, 0.15) is 27.7 Å². The Kier molecular flexibility index (Phi) is 6.51. The average molecular weight is 311 g/mol. The van der Waals surface area contributed by atoms with E-state index in [0.717, 1.165) is 10.6 Å². The van der Waals surface area contributed by atoms with E-state index in [0.29, 0.717) is 5.92 Å². The van der Waals surface area contributed by atoms with Crippen molar-refractivity contribution < 1.29 is 47.7 Å². The monoisotopic (exact) mass is 310 g/mol. The van der Waals surface area contributed by atoms with Gasteiger partial charge in [-0.15, -0.1) is 0 Å². The molecule has 0 spiro atoms. The molecule has 1 fully saturated rings. The van der Waals surface area contributed by atoms with Gasteiger partial charge in [-0.05, 0) is 0 Å². The van der Waals surface area contributed by atoms with Crippen molar-refractivity contribution in [2.45, 2.75) is 36.6 Å². The Balaban J connectivity index is 0.00000128. The molecule has 1 heterocycles. The molecule has 2 atom stereocenters. The van der Waals surface area contributed by atoms with Crippen molar-refractivity contribution in [2.75, 3.05) is 0 Å². The topological polar surface area (TPSA) is 29.1 Å². The Morgan fingerprint density at radius 2 is 1.82 bits per heavy atom. The Morgan fingerprint density at radius 3 is 2.24 bits per heavy atom. The van der Waals surface area contributed by atoms with Crippen molar-refractivity contribution in [1.29, 1.82) is 0 Å². The number of carbonyl (C=O) groups excluding carboxylic acids is 1. The van der Waals surface area contributed by atoms with Gasteiger partial charge in [-0.3, -0.25) is 0 Å². The number of amides is 1. The molecule has 1 aliphatic heterocycles. The molecule has 1 amide bonds. The summed E-state index contributed by atoms with van der Waals surface area (Å²) in [6.07, 6.45) is 0.901. The van der Waals surface area contributed by atoms with Gasteiger partial charge in [-0.25, -0.2) is 0 Å². The average Bonchev–Trinajstić information content (AvgIpc) is 2.91. The smallest absolute Gasteiger partial charge is 1.00 e. The van der Waals surface area contributed by atoms with Crippen LogP contribution in [0, 0.1) is 5.92 Å². The van der Waals surface area contributed by atoms with Crippen LogP contribution < -0.4 is 28.6 Å². The zero-order valence-electron chi connectivity index (χ0n) is 10.6. The van der Waals surface area contributed by atoms with Gasteiger partial charge in [0.15, 0.2) is 0 Å². The summed E-state index contributed by atoms with van der Waals surface area (Å²) in [5.74, 6) is 0.619. The second-order valence-electron chi connectivity index (χ2n) is 4.65. The normalized spacial score (nSPS) is 26.5. The number of rotatable bonds is 3.